The molecule has 4 rings (SSSR count). The molecule has 4 aromatic rings. The summed E-state index contributed by atoms with van der Waals surface area (Å²) in [5.74, 6) is 0.380. The first kappa shape index (κ1) is 17.7. The number of aromatic nitrogens is 3. The number of nitrogens with zero attached hydrogens (tertiary/aromatic N) is 2. The van der Waals surface area contributed by atoms with Crippen LogP contribution in [0.3, 0.4) is 0 Å². The van der Waals surface area contributed by atoms with Gasteiger partial charge in [-0.1, -0.05) is 84.9 Å². The van der Waals surface area contributed by atoms with Crippen LogP contribution in [0.4, 0.5) is 5.95 Å². The molecule has 0 amide bonds. The minimum atomic E-state index is -0.260. The van der Waals surface area contributed by atoms with Crippen LogP contribution in [0.5, 0.6) is 0 Å². The molecule has 0 atom stereocenters. The van der Waals surface area contributed by atoms with Crippen molar-refractivity contribution in [2.24, 2.45) is 0 Å². The van der Waals surface area contributed by atoms with Crippen LogP contribution in [0.25, 0.3) is 22.4 Å². The molecule has 0 bridgehead atoms. The van der Waals surface area contributed by atoms with Crippen LogP contribution in [-0.2, 0) is 6.42 Å². The molecular formula is C23H20N4O. The highest BCUT2D eigenvalue weighted by Gasteiger charge is 2.08. The van der Waals surface area contributed by atoms with Crippen molar-refractivity contribution in [3.05, 3.63) is 101 Å². The van der Waals surface area contributed by atoms with Gasteiger partial charge in [0, 0.05) is 12.1 Å². The summed E-state index contributed by atoms with van der Waals surface area (Å²) < 4.78 is 0. The van der Waals surface area contributed by atoms with Gasteiger partial charge in [-0.05, 0) is 23.1 Å². The predicted octanol–water partition coefficient (Wildman–Crippen LogP) is 4.15. The van der Waals surface area contributed by atoms with Crippen molar-refractivity contribution in [1.29, 1.82) is 0 Å². The topological polar surface area (TPSA) is 70.7 Å². The first-order valence-electron chi connectivity index (χ1n) is 9.20. The molecule has 0 unspecified atom stereocenters. The number of H-pyrrole nitrogens is 1. The zero-order valence-corrected chi connectivity index (χ0v) is 15.3. The predicted molar refractivity (Wildman–Crippen MR) is 112 cm³/mol. The van der Waals surface area contributed by atoms with Gasteiger partial charge in [-0.2, -0.15) is 0 Å². The summed E-state index contributed by atoms with van der Waals surface area (Å²) in [5, 5.41) is 11.3. The summed E-state index contributed by atoms with van der Waals surface area (Å²) in [6.45, 7) is 0.666. The van der Waals surface area contributed by atoms with Crippen LogP contribution in [0.1, 0.15) is 5.56 Å². The number of nitrogens with one attached hydrogen (secondary N) is 2. The highest BCUT2D eigenvalue weighted by atomic mass is 16.1. The fourth-order valence-electron chi connectivity index (χ4n) is 3.03. The lowest BCUT2D eigenvalue weighted by Crippen LogP contribution is -2.18. The molecule has 0 aliphatic heterocycles. The van der Waals surface area contributed by atoms with Crippen LogP contribution in [-0.4, -0.2) is 21.7 Å². The van der Waals surface area contributed by atoms with Gasteiger partial charge in [-0.3, -0.25) is 9.78 Å². The first-order chi connectivity index (χ1) is 13.8. The molecule has 0 radical (unpaired) electrons. The summed E-state index contributed by atoms with van der Waals surface area (Å²) in [6.07, 6.45) is 0.841. The van der Waals surface area contributed by atoms with E-state index in [0.717, 1.165) is 23.1 Å². The van der Waals surface area contributed by atoms with E-state index in [1.54, 1.807) is 0 Å². The van der Waals surface area contributed by atoms with Crippen LogP contribution in [0.2, 0.25) is 0 Å². The van der Waals surface area contributed by atoms with Gasteiger partial charge in [0.1, 0.15) is 0 Å². The molecule has 3 aromatic carbocycles. The molecule has 5 nitrogen and oxygen atoms in total. The highest BCUT2D eigenvalue weighted by Crippen LogP contribution is 2.22. The summed E-state index contributed by atoms with van der Waals surface area (Å²) in [7, 11) is 0. The Morgan fingerprint density at radius 3 is 2.00 bits per heavy atom. The van der Waals surface area contributed by atoms with Crippen molar-refractivity contribution < 1.29 is 0 Å². The minimum absolute atomic E-state index is 0.260. The highest BCUT2D eigenvalue weighted by molar-refractivity contribution is 5.68. The van der Waals surface area contributed by atoms with E-state index in [4.69, 9.17) is 0 Å². The van der Waals surface area contributed by atoms with Gasteiger partial charge >= 0.3 is 0 Å². The van der Waals surface area contributed by atoms with Crippen molar-refractivity contribution in [3.8, 4) is 22.4 Å². The van der Waals surface area contributed by atoms with Crippen molar-refractivity contribution in [3.63, 3.8) is 0 Å². The fraction of sp³-hybridized carbons (Fsp3) is 0.0870. The SMILES string of the molecule is O=c1[nH]c(NCCc2ccccc2)nnc1-c1ccc(-c2ccccc2)cc1. The Morgan fingerprint density at radius 2 is 1.32 bits per heavy atom. The largest absolute Gasteiger partial charge is 0.354 e. The Balaban J connectivity index is 1.45. The van der Waals surface area contributed by atoms with Crippen molar-refractivity contribution in [2.75, 3.05) is 11.9 Å². The smallest absolute Gasteiger partial charge is 0.279 e. The normalized spacial score (nSPS) is 10.6. The van der Waals surface area contributed by atoms with Crippen molar-refractivity contribution in [1.82, 2.24) is 15.2 Å². The Labute approximate surface area is 163 Å². The lowest BCUT2D eigenvalue weighted by atomic mass is 10.0. The lowest BCUT2D eigenvalue weighted by Gasteiger charge is -2.06. The Hall–Kier alpha value is -3.73. The van der Waals surface area contributed by atoms with Gasteiger partial charge in [0.05, 0.1) is 0 Å². The first-order valence-corrected chi connectivity index (χ1v) is 9.20. The molecule has 0 aliphatic carbocycles. The van der Waals surface area contributed by atoms with E-state index in [9.17, 15) is 4.79 Å². The average Bonchev–Trinajstić information content (AvgIpc) is 2.75. The maximum atomic E-state index is 12.4. The molecule has 1 aromatic heterocycles. The average molecular weight is 368 g/mol. The molecule has 28 heavy (non-hydrogen) atoms. The maximum Gasteiger partial charge on any atom is 0.279 e. The second-order valence-electron chi connectivity index (χ2n) is 6.46. The van der Waals surface area contributed by atoms with E-state index in [1.165, 1.54) is 5.56 Å². The number of rotatable bonds is 6. The summed E-state index contributed by atoms with van der Waals surface area (Å²) in [5.41, 5.74) is 4.24. The third-order valence-electron chi connectivity index (χ3n) is 4.51. The van der Waals surface area contributed by atoms with E-state index in [2.05, 4.69) is 44.8 Å². The number of anilines is 1. The van der Waals surface area contributed by atoms with Gasteiger partial charge in [0.25, 0.3) is 5.56 Å². The number of hydrogen-bond acceptors (Lipinski definition) is 4. The maximum absolute atomic E-state index is 12.4. The molecule has 0 spiro atoms. The van der Waals surface area contributed by atoms with Gasteiger partial charge in [-0.25, -0.2) is 0 Å². The van der Waals surface area contributed by atoms with Gasteiger partial charge in [0.15, 0.2) is 5.69 Å². The van der Waals surface area contributed by atoms with E-state index >= 15 is 0 Å². The zero-order valence-electron chi connectivity index (χ0n) is 15.3. The number of hydrogen-bond donors (Lipinski definition) is 2. The Morgan fingerprint density at radius 1 is 0.714 bits per heavy atom. The third-order valence-corrected chi connectivity index (χ3v) is 4.51. The number of benzene rings is 3. The quantitative estimate of drug-likeness (QED) is 0.536. The zero-order chi connectivity index (χ0) is 19.2. The van der Waals surface area contributed by atoms with Crippen LogP contribution in [0, 0.1) is 0 Å². The molecule has 5 heteroatoms. The fourth-order valence-corrected chi connectivity index (χ4v) is 3.03. The summed E-state index contributed by atoms with van der Waals surface area (Å²) in [4.78, 5) is 15.2. The molecule has 2 N–H and O–H groups in total. The van der Waals surface area contributed by atoms with Crippen LogP contribution in [0.15, 0.2) is 89.7 Å². The second-order valence-corrected chi connectivity index (χ2v) is 6.46. The van der Waals surface area contributed by atoms with Crippen molar-refractivity contribution in [2.45, 2.75) is 6.42 Å². The molecule has 138 valence electrons. The lowest BCUT2D eigenvalue weighted by molar-refractivity contribution is 0.915. The molecule has 0 fully saturated rings. The Kier molecular flexibility index (Phi) is 5.24. The third kappa shape index (κ3) is 4.15. The van der Waals surface area contributed by atoms with E-state index < -0.39 is 0 Å². The van der Waals surface area contributed by atoms with Crippen LogP contribution >= 0.6 is 0 Å². The molecule has 1 heterocycles. The van der Waals surface area contributed by atoms with E-state index in [0.29, 0.717) is 18.2 Å². The van der Waals surface area contributed by atoms with E-state index in [1.807, 2.05) is 60.7 Å². The van der Waals surface area contributed by atoms with Crippen LogP contribution < -0.4 is 10.9 Å². The molecule has 0 saturated heterocycles. The molecule has 0 saturated carbocycles. The van der Waals surface area contributed by atoms with E-state index in [-0.39, 0.29) is 5.56 Å². The van der Waals surface area contributed by atoms with Gasteiger partial charge in [-0.15, -0.1) is 10.2 Å². The van der Waals surface area contributed by atoms with Crippen molar-refractivity contribution >= 4 is 5.95 Å². The summed E-state index contributed by atoms with van der Waals surface area (Å²) in [6, 6.07) is 28.0. The van der Waals surface area contributed by atoms with Gasteiger partial charge in [0.2, 0.25) is 5.95 Å². The summed E-state index contributed by atoms with van der Waals surface area (Å²) >= 11 is 0. The molecular weight excluding hydrogens is 348 g/mol. The molecule has 0 aliphatic rings. The monoisotopic (exact) mass is 368 g/mol. The van der Waals surface area contributed by atoms with Gasteiger partial charge < -0.3 is 5.32 Å². The standard InChI is InChI=1S/C23H20N4O/c28-22-21(20-13-11-19(12-14-20)18-9-5-2-6-10-18)26-27-23(25-22)24-16-15-17-7-3-1-4-8-17/h1-14H,15-16H2,(H2,24,25,27,28). The second kappa shape index (κ2) is 8.31. The minimum Gasteiger partial charge on any atom is -0.354 e. The Bertz CT molecular complexity index is 1090. The number of aromatic amines is 1.